The molecular weight excluding hydrogens is 492 g/mol. The molecule has 0 radical (unpaired) electrons. The van der Waals surface area contributed by atoms with Crippen molar-refractivity contribution in [2.75, 3.05) is 0 Å². The quantitative estimate of drug-likeness (QED) is 0.215. The molecule has 202 valence electrons. The number of hydrogen-bond acceptors (Lipinski definition) is 5. The topological polar surface area (TPSA) is 69.7 Å². The number of aromatic amines is 1. The maximum Gasteiger partial charge on any atom is 0.120 e. The fourth-order valence-electron chi connectivity index (χ4n) is 5.57. The standard InChI is InChI=1S/C34H36N6/c1-25-10-16-28(17-11-25)31-22-38-33(39-31)24-40(32-9-4-6-29-7-5-19-37-34(29)32)23-27-14-12-26(13-15-27)20-35-21-30-8-2-3-18-36-30/h2-3,5,7-8,10-19,22,32,35H,4,6,9,20-21,23-24H2,1H3,(H,38,39). The predicted molar refractivity (Wildman–Crippen MR) is 159 cm³/mol. The van der Waals surface area contributed by atoms with Crippen LogP contribution in [0.2, 0.25) is 0 Å². The van der Waals surface area contributed by atoms with Crippen LogP contribution in [0.3, 0.4) is 0 Å². The van der Waals surface area contributed by atoms with Gasteiger partial charge in [0.15, 0.2) is 0 Å². The van der Waals surface area contributed by atoms with Gasteiger partial charge in [-0.15, -0.1) is 0 Å². The molecule has 2 aromatic carbocycles. The number of fused-ring (bicyclic) bond motifs is 1. The van der Waals surface area contributed by atoms with Crippen LogP contribution < -0.4 is 5.32 Å². The van der Waals surface area contributed by atoms with Gasteiger partial charge in [-0.05, 0) is 66.6 Å². The molecule has 1 atom stereocenters. The molecule has 5 aromatic rings. The lowest BCUT2D eigenvalue weighted by Crippen LogP contribution is -2.31. The zero-order valence-corrected chi connectivity index (χ0v) is 23.1. The summed E-state index contributed by atoms with van der Waals surface area (Å²) < 4.78 is 0. The summed E-state index contributed by atoms with van der Waals surface area (Å²) in [5, 5.41) is 3.50. The summed E-state index contributed by atoms with van der Waals surface area (Å²) in [5.41, 5.74) is 9.68. The summed E-state index contributed by atoms with van der Waals surface area (Å²) in [5.74, 6) is 0.981. The fourth-order valence-corrected chi connectivity index (χ4v) is 5.57. The highest BCUT2D eigenvalue weighted by Crippen LogP contribution is 2.34. The summed E-state index contributed by atoms with van der Waals surface area (Å²) in [7, 11) is 0. The molecule has 40 heavy (non-hydrogen) atoms. The average Bonchev–Trinajstić information content (AvgIpc) is 3.47. The molecule has 0 saturated heterocycles. The molecule has 0 bridgehead atoms. The Labute approximate surface area is 236 Å². The highest BCUT2D eigenvalue weighted by atomic mass is 15.2. The number of pyridine rings is 2. The fraction of sp³-hybridized carbons (Fsp3) is 0.265. The van der Waals surface area contributed by atoms with Gasteiger partial charge in [0.05, 0.1) is 35.9 Å². The minimum atomic E-state index is 0.262. The van der Waals surface area contributed by atoms with E-state index in [1.165, 1.54) is 34.4 Å². The Bertz CT molecular complexity index is 1510. The van der Waals surface area contributed by atoms with Crippen molar-refractivity contribution in [2.45, 2.75) is 58.4 Å². The lowest BCUT2D eigenvalue weighted by atomic mass is 9.90. The molecule has 1 aliphatic carbocycles. The van der Waals surface area contributed by atoms with Crippen molar-refractivity contribution in [1.82, 2.24) is 30.2 Å². The third-order valence-electron chi connectivity index (χ3n) is 7.72. The number of nitrogens with one attached hydrogen (secondary N) is 2. The smallest absolute Gasteiger partial charge is 0.120 e. The van der Waals surface area contributed by atoms with E-state index >= 15 is 0 Å². The van der Waals surface area contributed by atoms with Crippen LogP contribution in [0, 0.1) is 6.92 Å². The van der Waals surface area contributed by atoms with Gasteiger partial charge in [0.25, 0.3) is 0 Å². The van der Waals surface area contributed by atoms with Gasteiger partial charge in [-0.2, -0.15) is 0 Å². The van der Waals surface area contributed by atoms with Gasteiger partial charge in [0, 0.05) is 32.0 Å². The van der Waals surface area contributed by atoms with E-state index in [4.69, 9.17) is 9.97 Å². The normalized spacial score (nSPS) is 14.8. The molecule has 1 unspecified atom stereocenters. The lowest BCUT2D eigenvalue weighted by Gasteiger charge is -2.34. The molecule has 6 rings (SSSR count). The highest BCUT2D eigenvalue weighted by molar-refractivity contribution is 5.58. The second-order valence-corrected chi connectivity index (χ2v) is 10.7. The number of nitrogens with zero attached hydrogens (tertiary/aromatic N) is 4. The van der Waals surface area contributed by atoms with Crippen molar-refractivity contribution in [1.29, 1.82) is 0 Å². The van der Waals surface area contributed by atoms with E-state index in [0.29, 0.717) is 0 Å². The summed E-state index contributed by atoms with van der Waals surface area (Å²) >= 11 is 0. The number of H-pyrrole nitrogens is 1. The number of aryl methyl sites for hydroxylation is 2. The molecule has 1 aliphatic rings. The predicted octanol–water partition coefficient (Wildman–Crippen LogP) is 6.54. The van der Waals surface area contributed by atoms with Crippen LogP contribution in [-0.2, 0) is 32.6 Å². The zero-order chi connectivity index (χ0) is 27.1. The molecule has 6 nitrogen and oxygen atoms in total. The van der Waals surface area contributed by atoms with Gasteiger partial charge in [-0.3, -0.25) is 14.9 Å². The minimum absolute atomic E-state index is 0.262. The third kappa shape index (κ3) is 6.36. The molecule has 0 aliphatic heterocycles. The van der Waals surface area contributed by atoms with Gasteiger partial charge in [0.1, 0.15) is 5.82 Å². The molecule has 0 fully saturated rings. The Morgan fingerprint density at radius 1 is 0.825 bits per heavy atom. The van der Waals surface area contributed by atoms with Crippen LogP contribution >= 0.6 is 0 Å². The molecule has 2 N–H and O–H groups in total. The van der Waals surface area contributed by atoms with Crippen LogP contribution in [0.4, 0.5) is 0 Å². The number of imidazole rings is 1. The lowest BCUT2D eigenvalue weighted by molar-refractivity contribution is 0.153. The molecule has 0 spiro atoms. The highest BCUT2D eigenvalue weighted by Gasteiger charge is 2.28. The second kappa shape index (κ2) is 12.4. The van der Waals surface area contributed by atoms with E-state index in [0.717, 1.165) is 61.8 Å². The third-order valence-corrected chi connectivity index (χ3v) is 7.72. The van der Waals surface area contributed by atoms with Crippen LogP contribution in [0.1, 0.15) is 58.3 Å². The van der Waals surface area contributed by atoms with Crippen LogP contribution in [0.15, 0.2) is 97.5 Å². The maximum atomic E-state index is 4.85. The van der Waals surface area contributed by atoms with Crippen LogP contribution in [0.25, 0.3) is 11.3 Å². The summed E-state index contributed by atoms with van der Waals surface area (Å²) in [4.78, 5) is 20.2. The second-order valence-electron chi connectivity index (χ2n) is 10.7. The summed E-state index contributed by atoms with van der Waals surface area (Å²) in [6.07, 6.45) is 9.11. The Morgan fingerprint density at radius 3 is 2.48 bits per heavy atom. The maximum absolute atomic E-state index is 4.85. The first-order valence-corrected chi connectivity index (χ1v) is 14.2. The van der Waals surface area contributed by atoms with Gasteiger partial charge >= 0.3 is 0 Å². The first-order chi connectivity index (χ1) is 19.7. The van der Waals surface area contributed by atoms with Crippen molar-refractivity contribution < 1.29 is 0 Å². The molecule has 6 heteroatoms. The average molecular weight is 529 g/mol. The van der Waals surface area contributed by atoms with Gasteiger partial charge in [-0.25, -0.2) is 4.98 Å². The van der Waals surface area contributed by atoms with Crippen molar-refractivity contribution in [3.63, 3.8) is 0 Å². The van der Waals surface area contributed by atoms with E-state index in [1.807, 2.05) is 36.8 Å². The van der Waals surface area contributed by atoms with E-state index in [2.05, 4.69) is 87.8 Å². The Kier molecular flexibility index (Phi) is 8.07. The van der Waals surface area contributed by atoms with Gasteiger partial charge in [-0.1, -0.05) is 66.2 Å². The van der Waals surface area contributed by atoms with Crippen LogP contribution in [-0.4, -0.2) is 24.8 Å². The zero-order valence-electron chi connectivity index (χ0n) is 23.1. The number of hydrogen-bond donors (Lipinski definition) is 2. The Morgan fingerprint density at radius 2 is 1.65 bits per heavy atom. The number of rotatable bonds is 10. The van der Waals surface area contributed by atoms with Gasteiger partial charge in [0.2, 0.25) is 0 Å². The Hall–Kier alpha value is -4.13. The van der Waals surface area contributed by atoms with E-state index < -0.39 is 0 Å². The monoisotopic (exact) mass is 528 g/mol. The number of benzene rings is 2. The van der Waals surface area contributed by atoms with Crippen molar-refractivity contribution in [3.05, 3.63) is 137 Å². The van der Waals surface area contributed by atoms with Gasteiger partial charge < -0.3 is 10.3 Å². The van der Waals surface area contributed by atoms with E-state index in [9.17, 15) is 0 Å². The van der Waals surface area contributed by atoms with E-state index in [-0.39, 0.29) is 6.04 Å². The van der Waals surface area contributed by atoms with Crippen LogP contribution in [0.5, 0.6) is 0 Å². The van der Waals surface area contributed by atoms with Crippen molar-refractivity contribution in [2.24, 2.45) is 0 Å². The largest absolute Gasteiger partial charge is 0.341 e. The Balaban J connectivity index is 1.18. The van der Waals surface area contributed by atoms with Crippen molar-refractivity contribution in [3.8, 4) is 11.3 Å². The van der Waals surface area contributed by atoms with Crippen molar-refractivity contribution >= 4 is 0 Å². The molecule has 3 heterocycles. The first kappa shape index (κ1) is 26.1. The molecule has 0 saturated carbocycles. The van der Waals surface area contributed by atoms with E-state index in [1.54, 1.807) is 0 Å². The minimum Gasteiger partial charge on any atom is -0.341 e. The SMILES string of the molecule is Cc1ccc(-c2cnc(CN(Cc3ccc(CNCc4ccccn4)cc3)C3CCCc4cccnc43)[nH]2)cc1. The summed E-state index contributed by atoms with van der Waals surface area (Å²) in [6.45, 7) is 5.26. The molecular formula is C34H36N6. The summed E-state index contributed by atoms with van der Waals surface area (Å²) in [6, 6.07) is 28.1. The molecule has 0 amide bonds. The molecule has 3 aromatic heterocycles. The number of aromatic nitrogens is 4. The first-order valence-electron chi connectivity index (χ1n) is 14.2.